The number of halogens is 1. The molecule has 0 amide bonds. The fraction of sp³-hybridized carbons (Fsp3) is 0.250. The summed E-state index contributed by atoms with van der Waals surface area (Å²) in [6, 6.07) is 14.8. The lowest BCUT2D eigenvalue weighted by Gasteiger charge is -2.09. The maximum absolute atomic E-state index is 6.33. The predicted molar refractivity (Wildman–Crippen MR) is 84.1 cm³/mol. The van der Waals surface area contributed by atoms with E-state index in [1.807, 2.05) is 13.0 Å². The summed E-state index contributed by atoms with van der Waals surface area (Å²) in [5, 5.41) is 0.795. The van der Waals surface area contributed by atoms with Gasteiger partial charge in [0.25, 0.3) is 0 Å². The average Bonchev–Trinajstić information content (AvgIpc) is 2.34. The van der Waals surface area contributed by atoms with E-state index in [1.165, 1.54) is 16.0 Å². The zero-order valence-electron chi connectivity index (χ0n) is 11.2. The molecule has 1 nitrogen and oxygen atoms in total. The molecule has 19 heavy (non-hydrogen) atoms. The lowest BCUT2D eigenvalue weighted by atomic mass is 10.1. The number of rotatable bonds is 4. The van der Waals surface area contributed by atoms with Gasteiger partial charge in [-0.05, 0) is 50.1 Å². The topological polar surface area (TPSA) is 26.0 Å². The van der Waals surface area contributed by atoms with Gasteiger partial charge in [0.1, 0.15) is 0 Å². The van der Waals surface area contributed by atoms with E-state index in [9.17, 15) is 0 Å². The lowest BCUT2D eigenvalue weighted by molar-refractivity contribution is 0.738. The molecule has 0 aliphatic rings. The first kappa shape index (κ1) is 14.4. The van der Waals surface area contributed by atoms with Crippen LogP contribution in [-0.2, 0) is 6.42 Å². The van der Waals surface area contributed by atoms with Gasteiger partial charge in [0.15, 0.2) is 0 Å². The molecule has 2 aromatic carbocycles. The molecule has 2 aromatic rings. The minimum Gasteiger partial charge on any atom is -0.328 e. The summed E-state index contributed by atoms with van der Waals surface area (Å²) in [5.74, 6) is 0. The first-order valence-electron chi connectivity index (χ1n) is 6.33. The molecule has 0 radical (unpaired) electrons. The van der Waals surface area contributed by atoms with Gasteiger partial charge in [-0.2, -0.15) is 0 Å². The third-order valence-electron chi connectivity index (χ3n) is 2.80. The standard InChI is InChI=1S/C16H18ClNS/c1-11-3-6-14(7-4-11)19-16-8-5-13(9-12(2)18)10-15(16)17/h3-8,10,12H,9,18H2,1-2H3. The summed E-state index contributed by atoms with van der Waals surface area (Å²) in [5.41, 5.74) is 8.26. The average molecular weight is 292 g/mol. The molecule has 0 spiro atoms. The van der Waals surface area contributed by atoms with Crippen LogP contribution in [-0.4, -0.2) is 6.04 Å². The Bertz CT molecular complexity index is 549. The fourth-order valence-electron chi connectivity index (χ4n) is 1.86. The van der Waals surface area contributed by atoms with Crippen molar-refractivity contribution in [2.24, 2.45) is 5.73 Å². The Kier molecular flexibility index (Phi) is 4.92. The highest BCUT2D eigenvalue weighted by Crippen LogP contribution is 2.34. The van der Waals surface area contributed by atoms with Crippen molar-refractivity contribution in [1.29, 1.82) is 0 Å². The molecule has 0 aliphatic carbocycles. The van der Waals surface area contributed by atoms with Crippen LogP contribution in [0.1, 0.15) is 18.1 Å². The Hall–Kier alpha value is -0.960. The normalized spacial score (nSPS) is 12.4. The van der Waals surface area contributed by atoms with E-state index in [2.05, 4.69) is 43.3 Å². The molecule has 2 N–H and O–H groups in total. The van der Waals surface area contributed by atoms with Gasteiger partial charge in [-0.3, -0.25) is 0 Å². The number of hydrogen-bond donors (Lipinski definition) is 1. The van der Waals surface area contributed by atoms with Crippen molar-refractivity contribution in [3.63, 3.8) is 0 Å². The van der Waals surface area contributed by atoms with E-state index in [0.29, 0.717) is 0 Å². The predicted octanol–water partition coefficient (Wildman–Crippen LogP) is 4.69. The summed E-state index contributed by atoms with van der Waals surface area (Å²) in [7, 11) is 0. The van der Waals surface area contributed by atoms with E-state index in [0.717, 1.165) is 16.3 Å². The van der Waals surface area contributed by atoms with E-state index in [-0.39, 0.29) is 6.04 Å². The quantitative estimate of drug-likeness (QED) is 0.884. The third-order valence-corrected chi connectivity index (χ3v) is 4.31. The second-order valence-electron chi connectivity index (χ2n) is 4.86. The molecule has 0 heterocycles. The van der Waals surface area contributed by atoms with Crippen molar-refractivity contribution in [1.82, 2.24) is 0 Å². The molecule has 100 valence electrons. The van der Waals surface area contributed by atoms with Crippen molar-refractivity contribution >= 4 is 23.4 Å². The molecule has 3 heteroatoms. The molecule has 0 aromatic heterocycles. The van der Waals surface area contributed by atoms with Crippen LogP contribution in [0.25, 0.3) is 0 Å². The Morgan fingerprint density at radius 1 is 1.16 bits per heavy atom. The second-order valence-corrected chi connectivity index (χ2v) is 6.38. The maximum atomic E-state index is 6.33. The van der Waals surface area contributed by atoms with Gasteiger partial charge in [-0.1, -0.05) is 47.1 Å². The number of hydrogen-bond acceptors (Lipinski definition) is 2. The van der Waals surface area contributed by atoms with Crippen LogP contribution in [0.15, 0.2) is 52.3 Å². The highest BCUT2D eigenvalue weighted by Gasteiger charge is 2.05. The highest BCUT2D eigenvalue weighted by molar-refractivity contribution is 7.99. The molecule has 0 aliphatic heterocycles. The van der Waals surface area contributed by atoms with Crippen molar-refractivity contribution < 1.29 is 0 Å². The van der Waals surface area contributed by atoms with Gasteiger partial charge >= 0.3 is 0 Å². The molecule has 0 saturated heterocycles. The second kappa shape index (κ2) is 6.47. The van der Waals surface area contributed by atoms with Crippen molar-refractivity contribution in [3.05, 3.63) is 58.6 Å². The van der Waals surface area contributed by atoms with Crippen LogP contribution in [0, 0.1) is 6.92 Å². The molecular weight excluding hydrogens is 274 g/mol. The molecule has 0 bridgehead atoms. The smallest absolute Gasteiger partial charge is 0.0548 e. The summed E-state index contributed by atoms with van der Waals surface area (Å²) < 4.78 is 0. The zero-order chi connectivity index (χ0) is 13.8. The number of aryl methyl sites for hydroxylation is 1. The van der Waals surface area contributed by atoms with Crippen LogP contribution in [0.5, 0.6) is 0 Å². The number of nitrogens with two attached hydrogens (primary N) is 1. The maximum Gasteiger partial charge on any atom is 0.0548 e. The highest BCUT2D eigenvalue weighted by atomic mass is 35.5. The Morgan fingerprint density at radius 3 is 2.42 bits per heavy atom. The summed E-state index contributed by atoms with van der Waals surface area (Å²) >= 11 is 8.02. The van der Waals surface area contributed by atoms with Gasteiger partial charge in [-0.25, -0.2) is 0 Å². The Morgan fingerprint density at radius 2 is 1.84 bits per heavy atom. The summed E-state index contributed by atoms with van der Waals surface area (Å²) in [4.78, 5) is 2.28. The van der Waals surface area contributed by atoms with Gasteiger partial charge in [0, 0.05) is 15.8 Å². The monoisotopic (exact) mass is 291 g/mol. The lowest BCUT2D eigenvalue weighted by Crippen LogP contribution is -2.17. The van der Waals surface area contributed by atoms with E-state index in [1.54, 1.807) is 11.8 Å². The van der Waals surface area contributed by atoms with Crippen LogP contribution >= 0.6 is 23.4 Å². The van der Waals surface area contributed by atoms with E-state index in [4.69, 9.17) is 17.3 Å². The number of benzene rings is 2. The minimum absolute atomic E-state index is 0.159. The largest absolute Gasteiger partial charge is 0.328 e. The van der Waals surface area contributed by atoms with Crippen LogP contribution in [0.2, 0.25) is 5.02 Å². The Labute approximate surface area is 124 Å². The third kappa shape index (κ3) is 4.27. The molecule has 1 atom stereocenters. The van der Waals surface area contributed by atoms with Crippen LogP contribution < -0.4 is 5.73 Å². The molecule has 1 unspecified atom stereocenters. The van der Waals surface area contributed by atoms with Crippen molar-refractivity contribution in [2.45, 2.75) is 36.1 Å². The zero-order valence-corrected chi connectivity index (χ0v) is 12.8. The van der Waals surface area contributed by atoms with Crippen LogP contribution in [0.4, 0.5) is 0 Å². The fourth-order valence-corrected chi connectivity index (χ4v) is 3.00. The van der Waals surface area contributed by atoms with Crippen molar-refractivity contribution in [3.8, 4) is 0 Å². The molecule has 0 saturated carbocycles. The summed E-state index contributed by atoms with van der Waals surface area (Å²) in [6.07, 6.45) is 0.856. The molecule has 0 fully saturated rings. The van der Waals surface area contributed by atoms with Gasteiger partial charge < -0.3 is 5.73 Å². The van der Waals surface area contributed by atoms with E-state index < -0.39 is 0 Å². The van der Waals surface area contributed by atoms with Crippen LogP contribution in [0.3, 0.4) is 0 Å². The Balaban J connectivity index is 2.15. The first-order chi connectivity index (χ1) is 9.04. The van der Waals surface area contributed by atoms with Gasteiger partial charge in [0.2, 0.25) is 0 Å². The minimum atomic E-state index is 0.159. The van der Waals surface area contributed by atoms with Gasteiger partial charge in [0.05, 0.1) is 5.02 Å². The van der Waals surface area contributed by atoms with Gasteiger partial charge in [-0.15, -0.1) is 0 Å². The summed E-state index contributed by atoms with van der Waals surface area (Å²) in [6.45, 7) is 4.09. The first-order valence-corrected chi connectivity index (χ1v) is 7.52. The SMILES string of the molecule is Cc1ccc(Sc2ccc(CC(C)N)cc2Cl)cc1. The van der Waals surface area contributed by atoms with Crippen molar-refractivity contribution in [2.75, 3.05) is 0 Å². The molecular formula is C16H18ClNS. The van der Waals surface area contributed by atoms with E-state index >= 15 is 0 Å². The molecule has 2 rings (SSSR count).